The Morgan fingerprint density at radius 1 is 0.889 bits per heavy atom. The summed E-state index contributed by atoms with van der Waals surface area (Å²) in [6.07, 6.45) is 1.25. The first-order valence-corrected chi connectivity index (χ1v) is 9.27. The zero-order chi connectivity index (χ0) is 19.5. The minimum atomic E-state index is -0.612. The summed E-state index contributed by atoms with van der Waals surface area (Å²) in [5, 5.41) is 3.06. The first-order chi connectivity index (χ1) is 13.1. The molecule has 0 aromatic heterocycles. The predicted molar refractivity (Wildman–Crippen MR) is 104 cm³/mol. The number of carbonyl (C=O) groups is 2. The minimum absolute atomic E-state index is 0.208. The number of hydrogen-bond acceptors (Lipinski definition) is 5. The molecule has 2 rings (SSSR count). The smallest absolute Gasteiger partial charge is 0.323 e. The number of esters is 2. The molecule has 0 bridgehead atoms. The summed E-state index contributed by atoms with van der Waals surface area (Å²) in [5.74, 6) is -0.746. The van der Waals surface area contributed by atoms with Gasteiger partial charge in [0.2, 0.25) is 0 Å². The summed E-state index contributed by atoms with van der Waals surface area (Å²) in [6, 6.07) is 18.2. The lowest BCUT2D eigenvalue weighted by atomic mass is 10.0. The van der Waals surface area contributed by atoms with Crippen molar-refractivity contribution < 1.29 is 19.1 Å². The average molecular weight is 369 g/mol. The molecule has 0 aliphatic rings. The molecule has 0 aliphatic heterocycles. The van der Waals surface area contributed by atoms with E-state index in [1.807, 2.05) is 60.7 Å². The van der Waals surface area contributed by atoms with E-state index in [0.29, 0.717) is 19.4 Å². The second kappa shape index (κ2) is 11.1. The van der Waals surface area contributed by atoms with Crippen molar-refractivity contribution in [3.05, 3.63) is 71.8 Å². The monoisotopic (exact) mass is 369 g/mol. The molecular formula is C22H27NO4. The van der Waals surface area contributed by atoms with Gasteiger partial charge >= 0.3 is 11.9 Å². The maximum absolute atomic E-state index is 12.3. The Morgan fingerprint density at radius 3 is 2.07 bits per heavy atom. The molecule has 0 spiro atoms. The Balaban J connectivity index is 1.89. The lowest BCUT2D eigenvalue weighted by molar-refractivity contribution is -0.149. The van der Waals surface area contributed by atoms with Crippen molar-refractivity contribution in [3.63, 3.8) is 0 Å². The fourth-order valence-electron chi connectivity index (χ4n) is 2.69. The summed E-state index contributed by atoms with van der Waals surface area (Å²) in [7, 11) is 0. The van der Waals surface area contributed by atoms with Gasteiger partial charge in [0.15, 0.2) is 0 Å². The van der Waals surface area contributed by atoms with Crippen molar-refractivity contribution >= 4 is 11.9 Å². The van der Waals surface area contributed by atoms with Gasteiger partial charge in [0.1, 0.15) is 18.7 Å². The number of rotatable bonds is 10. The molecule has 27 heavy (non-hydrogen) atoms. The number of nitrogens with one attached hydrogen (secondary N) is 1. The van der Waals surface area contributed by atoms with Gasteiger partial charge in [0.25, 0.3) is 0 Å². The molecule has 0 radical (unpaired) electrons. The molecule has 1 unspecified atom stereocenters. The fourth-order valence-corrected chi connectivity index (χ4v) is 2.69. The van der Waals surface area contributed by atoms with Gasteiger partial charge in [-0.3, -0.25) is 14.9 Å². The molecule has 0 saturated heterocycles. The molecule has 2 atom stereocenters. The van der Waals surface area contributed by atoms with Gasteiger partial charge in [-0.2, -0.15) is 0 Å². The lowest BCUT2D eigenvalue weighted by Crippen LogP contribution is -2.47. The zero-order valence-electron chi connectivity index (χ0n) is 15.9. The van der Waals surface area contributed by atoms with Crippen molar-refractivity contribution in [1.82, 2.24) is 5.32 Å². The topological polar surface area (TPSA) is 64.6 Å². The predicted octanol–water partition coefficient (Wildman–Crippen LogP) is 3.27. The first kappa shape index (κ1) is 20.6. The highest BCUT2D eigenvalue weighted by atomic mass is 16.5. The van der Waals surface area contributed by atoms with E-state index >= 15 is 0 Å². The van der Waals surface area contributed by atoms with Crippen molar-refractivity contribution in [3.8, 4) is 0 Å². The fraction of sp³-hybridized carbons (Fsp3) is 0.364. The molecular weight excluding hydrogens is 342 g/mol. The van der Waals surface area contributed by atoms with Crippen molar-refractivity contribution in [2.45, 2.75) is 45.4 Å². The number of hydrogen-bond donors (Lipinski definition) is 1. The zero-order valence-corrected chi connectivity index (χ0v) is 15.9. The van der Waals surface area contributed by atoms with Crippen LogP contribution in [0.3, 0.4) is 0 Å². The van der Waals surface area contributed by atoms with E-state index in [1.54, 1.807) is 13.8 Å². The molecule has 0 amide bonds. The van der Waals surface area contributed by atoms with Crippen molar-refractivity contribution in [2.75, 3.05) is 6.61 Å². The molecule has 0 fully saturated rings. The van der Waals surface area contributed by atoms with Crippen LogP contribution in [-0.4, -0.2) is 30.6 Å². The van der Waals surface area contributed by atoms with E-state index < -0.39 is 18.1 Å². The summed E-state index contributed by atoms with van der Waals surface area (Å²) in [6.45, 7) is 3.97. The van der Waals surface area contributed by atoms with E-state index in [-0.39, 0.29) is 12.6 Å². The van der Waals surface area contributed by atoms with Crippen LogP contribution < -0.4 is 5.32 Å². The second-order valence-electron chi connectivity index (χ2n) is 6.31. The average Bonchev–Trinajstić information content (AvgIpc) is 2.70. The highest BCUT2D eigenvalue weighted by Gasteiger charge is 2.25. The number of carbonyl (C=O) groups excluding carboxylic acids is 2. The minimum Gasteiger partial charge on any atom is -0.465 e. The van der Waals surface area contributed by atoms with Crippen molar-refractivity contribution in [1.29, 1.82) is 0 Å². The van der Waals surface area contributed by atoms with E-state index in [9.17, 15) is 9.59 Å². The van der Waals surface area contributed by atoms with Crippen LogP contribution in [0, 0.1) is 0 Å². The molecule has 0 saturated carbocycles. The lowest BCUT2D eigenvalue weighted by Gasteiger charge is -2.21. The second-order valence-corrected chi connectivity index (χ2v) is 6.31. The van der Waals surface area contributed by atoms with Gasteiger partial charge in [0.05, 0.1) is 6.61 Å². The number of ether oxygens (including phenoxy) is 2. The van der Waals surface area contributed by atoms with Gasteiger partial charge in [-0.15, -0.1) is 0 Å². The normalized spacial score (nSPS) is 12.8. The Labute approximate surface area is 160 Å². The van der Waals surface area contributed by atoms with Crippen molar-refractivity contribution in [2.24, 2.45) is 0 Å². The van der Waals surface area contributed by atoms with E-state index in [1.165, 1.54) is 0 Å². The third-order valence-corrected chi connectivity index (χ3v) is 4.16. The molecule has 0 heterocycles. The number of benzene rings is 2. The molecule has 5 nitrogen and oxygen atoms in total. The van der Waals surface area contributed by atoms with Gasteiger partial charge in [-0.25, -0.2) is 0 Å². The Kier molecular flexibility index (Phi) is 8.52. The first-order valence-electron chi connectivity index (χ1n) is 9.27. The Hall–Kier alpha value is -2.66. The van der Waals surface area contributed by atoms with Gasteiger partial charge in [-0.05, 0) is 37.8 Å². The maximum atomic E-state index is 12.3. The standard InChI is InChI=1S/C22H27NO4/c1-3-26-22(25)20(15-14-18-10-6-4-7-11-18)23-17(2)21(24)27-16-19-12-8-5-9-13-19/h4-13,17,20,23H,3,14-16H2,1-2H3/t17?,20-/m0/s1. The van der Waals surface area contributed by atoms with Crippen LogP contribution >= 0.6 is 0 Å². The molecule has 2 aromatic rings. The van der Waals surface area contributed by atoms with Crippen LogP contribution in [-0.2, 0) is 32.1 Å². The van der Waals surface area contributed by atoms with Crippen LogP contribution in [0.1, 0.15) is 31.4 Å². The van der Waals surface area contributed by atoms with E-state index in [4.69, 9.17) is 9.47 Å². The summed E-state index contributed by atoms with van der Waals surface area (Å²) >= 11 is 0. The summed E-state index contributed by atoms with van der Waals surface area (Å²) in [4.78, 5) is 24.5. The van der Waals surface area contributed by atoms with Gasteiger partial charge in [0, 0.05) is 0 Å². The molecule has 0 aliphatic carbocycles. The molecule has 5 heteroatoms. The van der Waals surface area contributed by atoms with Crippen LogP contribution in [0.15, 0.2) is 60.7 Å². The Bertz CT molecular complexity index is 703. The van der Waals surface area contributed by atoms with Gasteiger partial charge < -0.3 is 9.47 Å². The highest BCUT2D eigenvalue weighted by Crippen LogP contribution is 2.08. The maximum Gasteiger partial charge on any atom is 0.323 e. The van der Waals surface area contributed by atoms with E-state index in [2.05, 4.69) is 5.32 Å². The van der Waals surface area contributed by atoms with Crippen LogP contribution in [0.2, 0.25) is 0 Å². The highest BCUT2D eigenvalue weighted by molar-refractivity contribution is 5.79. The SMILES string of the molecule is CCOC(=O)[C@H](CCc1ccccc1)NC(C)C(=O)OCc1ccccc1. The summed E-state index contributed by atoms with van der Waals surface area (Å²) in [5.41, 5.74) is 2.05. The summed E-state index contributed by atoms with van der Waals surface area (Å²) < 4.78 is 10.5. The van der Waals surface area contributed by atoms with E-state index in [0.717, 1.165) is 11.1 Å². The Morgan fingerprint density at radius 2 is 1.48 bits per heavy atom. The largest absolute Gasteiger partial charge is 0.465 e. The van der Waals surface area contributed by atoms with Crippen LogP contribution in [0.4, 0.5) is 0 Å². The third-order valence-electron chi connectivity index (χ3n) is 4.16. The van der Waals surface area contributed by atoms with Crippen LogP contribution in [0.25, 0.3) is 0 Å². The third kappa shape index (κ3) is 7.23. The number of aryl methyl sites for hydroxylation is 1. The molecule has 144 valence electrons. The molecule has 2 aromatic carbocycles. The quantitative estimate of drug-likeness (QED) is 0.651. The van der Waals surface area contributed by atoms with Crippen LogP contribution in [0.5, 0.6) is 0 Å². The molecule has 1 N–H and O–H groups in total. The van der Waals surface area contributed by atoms with Gasteiger partial charge in [-0.1, -0.05) is 60.7 Å².